The molecule has 0 aromatic heterocycles. The number of benzene rings is 1. The Balaban J connectivity index is 1.50. The number of urea groups is 1. The van der Waals surface area contributed by atoms with E-state index in [1.807, 2.05) is 12.1 Å². The van der Waals surface area contributed by atoms with Crippen LogP contribution in [0.25, 0.3) is 0 Å². The summed E-state index contributed by atoms with van der Waals surface area (Å²) in [6, 6.07) is 6.91. The first-order valence-electron chi connectivity index (χ1n) is 7.24. The van der Waals surface area contributed by atoms with Gasteiger partial charge in [0, 0.05) is 25.6 Å². The average molecular weight is 319 g/mol. The normalized spacial score (nSPS) is 17.8. The molecule has 0 spiro atoms. The van der Waals surface area contributed by atoms with Crippen molar-refractivity contribution in [2.75, 3.05) is 38.7 Å². The predicted molar refractivity (Wildman–Crippen MR) is 80.1 cm³/mol. The Bertz CT molecular complexity index is 626. The molecule has 2 fully saturated rings. The largest absolute Gasteiger partial charge is 0.495 e. The first kappa shape index (κ1) is 15.1. The number of para-hydroxylation sites is 2. The van der Waals surface area contributed by atoms with E-state index in [0.717, 1.165) is 4.90 Å². The van der Waals surface area contributed by atoms with Gasteiger partial charge in [-0.3, -0.25) is 4.79 Å². The third-order valence-electron chi connectivity index (χ3n) is 3.87. The molecular formula is C15H17N3O5. The summed E-state index contributed by atoms with van der Waals surface area (Å²) < 4.78 is 9.84. The van der Waals surface area contributed by atoms with Crippen LogP contribution in [0.1, 0.15) is 0 Å². The molecule has 8 heteroatoms. The van der Waals surface area contributed by atoms with Crippen LogP contribution in [0.15, 0.2) is 24.3 Å². The molecule has 0 unspecified atom stereocenters. The van der Waals surface area contributed by atoms with Crippen LogP contribution >= 0.6 is 0 Å². The number of anilines is 1. The van der Waals surface area contributed by atoms with Crippen LogP contribution in [-0.4, -0.2) is 61.2 Å². The monoisotopic (exact) mass is 319 g/mol. The maximum atomic E-state index is 12.2. The number of ether oxygens (including phenoxy) is 2. The summed E-state index contributed by atoms with van der Waals surface area (Å²) in [5.74, 6) is 0.336. The highest BCUT2D eigenvalue weighted by molar-refractivity contribution is 5.97. The van der Waals surface area contributed by atoms with Crippen LogP contribution < -0.4 is 10.1 Å². The van der Waals surface area contributed by atoms with E-state index in [2.05, 4.69) is 10.1 Å². The van der Waals surface area contributed by atoms with Crippen LogP contribution in [0.2, 0.25) is 0 Å². The van der Waals surface area contributed by atoms with Gasteiger partial charge in [-0.25, -0.2) is 14.5 Å². The van der Waals surface area contributed by atoms with Gasteiger partial charge in [-0.15, -0.1) is 0 Å². The van der Waals surface area contributed by atoms with E-state index in [-0.39, 0.29) is 31.0 Å². The Morgan fingerprint density at radius 3 is 2.74 bits per heavy atom. The van der Waals surface area contributed by atoms with Gasteiger partial charge in [0.05, 0.1) is 12.8 Å². The lowest BCUT2D eigenvalue weighted by atomic mass is 10.0. The number of hydrogen-bond donors (Lipinski definition) is 1. The molecule has 8 nitrogen and oxygen atoms in total. The van der Waals surface area contributed by atoms with Gasteiger partial charge in [-0.2, -0.15) is 0 Å². The third-order valence-corrected chi connectivity index (χ3v) is 3.87. The Hall–Kier alpha value is -2.77. The topological polar surface area (TPSA) is 88.2 Å². The average Bonchev–Trinajstić information content (AvgIpc) is 2.82. The number of amides is 4. The number of rotatable bonds is 4. The molecule has 1 aromatic carbocycles. The minimum Gasteiger partial charge on any atom is -0.495 e. The maximum absolute atomic E-state index is 12.2. The molecule has 0 aliphatic carbocycles. The van der Waals surface area contributed by atoms with E-state index < -0.39 is 6.09 Å². The number of imide groups is 1. The second-order valence-corrected chi connectivity index (χ2v) is 5.46. The molecule has 1 aromatic rings. The van der Waals surface area contributed by atoms with Crippen LogP contribution in [-0.2, 0) is 9.53 Å². The minimum atomic E-state index is -0.605. The van der Waals surface area contributed by atoms with Crippen LogP contribution in [0.4, 0.5) is 15.3 Å². The Kier molecular flexibility index (Phi) is 4.05. The van der Waals surface area contributed by atoms with Crippen molar-refractivity contribution >= 4 is 23.7 Å². The number of carbonyl (C=O) groups excluding carboxylic acids is 3. The molecule has 1 N–H and O–H groups in total. The van der Waals surface area contributed by atoms with Gasteiger partial charge in [-0.1, -0.05) is 12.1 Å². The van der Waals surface area contributed by atoms with Crippen molar-refractivity contribution < 1.29 is 23.9 Å². The third kappa shape index (κ3) is 3.05. The molecule has 2 aliphatic rings. The van der Waals surface area contributed by atoms with Crippen LogP contribution in [0.5, 0.6) is 5.75 Å². The summed E-state index contributed by atoms with van der Waals surface area (Å²) in [5, 5.41) is 2.78. The number of carbonyl (C=O) groups is 3. The lowest BCUT2D eigenvalue weighted by Gasteiger charge is -2.40. The van der Waals surface area contributed by atoms with E-state index in [0.29, 0.717) is 24.5 Å². The van der Waals surface area contributed by atoms with Crippen molar-refractivity contribution in [2.24, 2.45) is 5.92 Å². The molecule has 2 aliphatic heterocycles. The van der Waals surface area contributed by atoms with Crippen LogP contribution in [0.3, 0.4) is 0 Å². The predicted octanol–water partition coefficient (Wildman–Crippen LogP) is 1.14. The Labute approximate surface area is 132 Å². The Morgan fingerprint density at radius 2 is 2.09 bits per heavy atom. The van der Waals surface area contributed by atoms with E-state index in [1.54, 1.807) is 17.0 Å². The molecule has 2 heterocycles. The fourth-order valence-corrected chi connectivity index (χ4v) is 2.61. The summed E-state index contributed by atoms with van der Waals surface area (Å²) in [5.41, 5.74) is 0.599. The first-order valence-corrected chi connectivity index (χ1v) is 7.24. The zero-order valence-corrected chi connectivity index (χ0v) is 12.7. The molecule has 122 valence electrons. The Morgan fingerprint density at radius 1 is 1.35 bits per heavy atom. The van der Waals surface area contributed by atoms with Gasteiger partial charge < -0.3 is 19.7 Å². The maximum Gasteiger partial charge on any atom is 0.417 e. The fraction of sp³-hybridized carbons (Fsp3) is 0.400. The van der Waals surface area contributed by atoms with E-state index >= 15 is 0 Å². The number of cyclic esters (lactones) is 1. The van der Waals surface area contributed by atoms with Crippen LogP contribution in [0, 0.1) is 5.92 Å². The van der Waals surface area contributed by atoms with Crippen molar-refractivity contribution in [3.63, 3.8) is 0 Å². The van der Waals surface area contributed by atoms with Crippen molar-refractivity contribution in [3.8, 4) is 5.75 Å². The SMILES string of the molecule is COc1ccccc1NC(=O)N1CC(CN2C(=O)COC2=O)C1. The molecule has 0 saturated carbocycles. The number of hydrogen-bond acceptors (Lipinski definition) is 5. The molecule has 3 rings (SSSR count). The van der Waals surface area contributed by atoms with Gasteiger partial charge in [0.2, 0.25) is 0 Å². The standard InChI is InChI=1S/C15H17N3O5/c1-22-12-5-3-2-4-11(12)16-14(20)17-6-10(7-17)8-18-13(19)9-23-15(18)21/h2-5,10H,6-9H2,1H3,(H,16,20). The highest BCUT2D eigenvalue weighted by Gasteiger charge is 2.38. The second-order valence-electron chi connectivity index (χ2n) is 5.46. The van der Waals surface area contributed by atoms with Gasteiger partial charge in [0.15, 0.2) is 6.61 Å². The fourth-order valence-electron chi connectivity index (χ4n) is 2.61. The molecular weight excluding hydrogens is 302 g/mol. The summed E-state index contributed by atoms with van der Waals surface area (Å²) in [4.78, 5) is 37.7. The molecule has 4 amide bonds. The summed E-state index contributed by atoms with van der Waals surface area (Å²) in [6.45, 7) is 1.07. The van der Waals surface area contributed by atoms with E-state index in [9.17, 15) is 14.4 Å². The number of nitrogens with one attached hydrogen (secondary N) is 1. The van der Waals surface area contributed by atoms with E-state index in [4.69, 9.17) is 4.74 Å². The molecule has 23 heavy (non-hydrogen) atoms. The molecule has 0 atom stereocenters. The number of methoxy groups -OCH3 is 1. The summed E-state index contributed by atoms with van der Waals surface area (Å²) in [6.07, 6.45) is -0.605. The van der Waals surface area contributed by atoms with Crippen molar-refractivity contribution in [3.05, 3.63) is 24.3 Å². The molecule has 2 saturated heterocycles. The van der Waals surface area contributed by atoms with Gasteiger partial charge in [0.25, 0.3) is 5.91 Å². The van der Waals surface area contributed by atoms with Gasteiger partial charge >= 0.3 is 12.1 Å². The quantitative estimate of drug-likeness (QED) is 0.899. The van der Waals surface area contributed by atoms with Gasteiger partial charge in [-0.05, 0) is 12.1 Å². The summed E-state index contributed by atoms with van der Waals surface area (Å²) >= 11 is 0. The molecule has 0 radical (unpaired) electrons. The number of likely N-dealkylation sites (tertiary alicyclic amines) is 1. The lowest BCUT2D eigenvalue weighted by molar-refractivity contribution is -0.126. The zero-order chi connectivity index (χ0) is 16.4. The molecule has 0 bridgehead atoms. The van der Waals surface area contributed by atoms with Crippen molar-refractivity contribution in [1.29, 1.82) is 0 Å². The van der Waals surface area contributed by atoms with Gasteiger partial charge in [0.1, 0.15) is 5.75 Å². The lowest BCUT2D eigenvalue weighted by Crippen LogP contribution is -2.55. The highest BCUT2D eigenvalue weighted by atomic mass is 16.6. The van der Waals surface area contributed by atoms with E-state index in [1.165, 1.54) is 7.11 Å². The first-order chi connectivity index (χ1) is 11.1. The van der Waals surface area contributed by atoms with Crippen molar-refractivity contribution in [1.82, 2.24) is 9.80 Å². The minimum absolute atomic E-state index is 0.0769. The van der Waals surface area contributed by atoms with Crippen molar-refractivity contribution in [2.45, 2.75) is 0 Å². The second kappa shape index (κ2) is 6.15. The zero-order valence-electron chi connectivity index (χ0n) is 12.7. The summed E-state index contributed by atoms with van der Waals surface area (Å²) in [7, 11) is 1.54. The number of nitrogens with zero attached hydrogens (tertiary/aromatic N) is 2. The smallest absolute Gasteiger partial charge is 0.417 e. The highest BCUT2D eigenvalue weighted by Crippen LogP contribution is 2.25.